The van der Waals surface area contributed by atoms with Gasteiger partial charge >= 0.3 is 15.6 Å². The smallest absolute Gasteiger partial charge is 0.303 e. The molecule has 0 aromatic carbocycles. The summed E-state index contributed by atoms with van der Waals surface area (Å²) in [6.07, 6.45) is -1.88. The second kappa shape index (κ2) is 6.25. The molecule has 96 valence electrons. The molecular formula is C4H10O9P2S. The molecule has 0 aliphatic heterocycles. The third kappa shape index (κ3) is 10.7. The van der Waals surface area contributed by atoms with Gasteiger partial charge in [0.2, 0.25) is 0 Å². The molecule has 0 rings (SSSR count). The molecule has 4 N–H and O–H groups in total. The van der Waals surface area contributed by atoms with Crippen molar-refractivity contribution in [1.29, 1.82) is 0 Å². The lowest BCUT2D eigenvalue weighted by Gasteiger charge is -2.17. The van der Waals surface area contributed by atoms with Crippen LogP contribution in [-0.4, -0.2) is 36.7 Å². The zero-order valence-electron chi connectivity index (χ0n) is 7.92. The van der Waals surface area contributed by atoms with Crippen molar-refractivity contribution in [1.82, 2.24) is 0 Å². The number of carbonyl (C=O) groups is 1. The fourth-order valence-electron chi connectivity index (χ4n) is 0.572. The summed E-state index contributed by atoms with van der Waals surface area (Å²) < 4.78 is 28.7. The average molecular weight is 296 g/mol. The molecule has 0 saturated carbocycles. The van der Waals surface area contributed by atoms with Crippen molar-refractivity contribution in [2.24, 2.45) is 0 Å². The molecule has 0 atom stereocenters. The predicted molar refractivity (Wildman–Crippen MR) is 53.2 cm³/mol. The first kappa shape index (κ1) is 16.2. The van der Waals surface area contributed by atoms with Crippen LogP contribution in [0.1, 0.15) is 6.92 Å². The van der Waals surface area contributed by atoms with Gasteiger partial charge in [-0.25, -0.2) is 9.13 Å². The van der Waals surface area contributed by atoms with E-state index in [2.05, 4.69) is 9.05 Å². The summed E-state index contributed by atoms with van der Waals surface area (Å²) >= 11 is 0.545. The number of rotatable bonds is 6. The molecule has 0 radical (unpaired) electrons. The van der Waals surface area contributed by atoms with E-state index in [4.69, 9.17) is 19.6 Å². The van der Waals surface area contributed by atoms with Gasteiger partial charge in [-0.15, -0.1) is 0 Å². The van der Waals surface area contributed by atoms with Crippen LogP contribution in [0.2, 0.25) is 0 Å². The minimum atomic E-state index is -4.96. The van der Waals surface area contributed by atoms with Crippen LogP contribution in [0, 0.1) is 0 Å². The molecule has 0 saturated heterocycles. The topological polar surface area (TPSA) is 151 Å². The van der Waals surface area contributed by atoms with Crippen LogP contribution in [0.25, 0.3) is 0 Å². The van der Waals surface area contributed by atoms with Gasteiger partial charge in [-0.3, -0.25) is 13.8 Å². The van der Waals surface area contributed by atoms with Gasteiger partial charge in [-0.1, -0.05) is 11.8 Å². The SMILES string of the molecule is CC(=O)SCC(OP(=O)(O)O)OP(=O)(O)O. The van der Waals surface area contributed by atoms with Crippen molar-refractivity contribution in [3.05, 3.63) is 0 Å². The highest BCUT2D eigenvalue weighted by molar-refractivity contribution is 8.13. The van der Waals surface area contributed by atoms with Gasteiger partial charge in [0.15, 0.2) is 11.4 Å². The Morgan fingerprint density at radius 3 is 1.81 bits per heavy atom. The van der Waals surface area contributed by atoms with Crippen molar-refractivity contribution >= 4 is 32.5 Å². The van der Waals surface area contributed by atoms with E-state index in [-0.39, 0.29) is 0 Å². The third-order valence-corrected chi connectivity index (χ3v) is 2.80. The molecule has 0 amide bonds. The molecule has 0 aliphatic carbocycles. The molecular weight excluding hydrogens is 286 g/mol. The van der Waals surface area contributed by atoms with Crippen molar-refractivity contribution in [3.8, 4) is 0 Å². The minimum absolute atomic E-state index is 0.423. The van der Waals surface area contributed by atoms with Crippen molar-refractivity contribution in [3.63, 3.8) is 0 Å². The number of hydrogen-bond donors (Lipinski definition) is 4. The highest BCUT2D eigenvalue weighted by atomic mass is 32.2. The number of hydrogen-bond acceptors (Lipinski definition) is 6. The van der Waals surface area contributed by atoms with Gasteiger partial charge in [0, 0.05) is 6.92 Å². The van der Waals surface area contributed by atoms with Crippen LogP contribution in [-0.2, 0) is 23.0 Å². The molecule has 0 heterocycles. The van der Waals surface area contributed by atoms with Gasteiger partial charge < -0.3 is 19.6 Å². The maximum Gasteiger partial charge on any atom is 0.471 e. The predicted octanol–water partition coefficient (Wildman–Crippen LogP) is -0.189. The monoisotopic (exact) mass is 296 g/mol. The van der Waals surface area contributed by atoms with E-state index >= 15 is 0 Å². The van der Waals surface area contributed by atoms with Gasteiger partial charge in [0.1, 0.15) is 0 Å². The lowest BCUT2D eigenvalue weighted by Crippen LogP contribution is -2.18. The second-order valence-corrected chi connectivity index (χ2v) is 6.00. The minimum Gasteiger partial charge on any atom is -0.303 e. The van der Waals surface area contributed by atoms with Crippen LogP contribution in [0.15, 0.2) is 0 Å². The lowest BCUT2D eigenvalue weighted by atomic mass is 10.8. The number of thioether (sulfide) groups is 1. The molecule has 0 bridgehead atoms. The normalized spacial score (nSPS) is 13.1. The van der Waals surface area contributed by atoms with Gasteiger partial charge in [0.05, 0.1) is 5.75 Å². The summed E-state index contributed by atoms with van der Waals surface area (Å²) in [6.45, 7) is 1.16. The van der Waals surface area contributed by atoms with E-state index in [1.54, 1.807) is 0 Å². The Morgan fingerprint density at radius 2 is 1.56 bits per heavy atom. The highest BCUT2D eigenvalue weighted by Gasteiger charge is 2.29. The molecule has 9 nitrogen and oxygen atoms in total. The molecule has 0 aromatic heterocycles. The first-order valence-electron chi connectivity index (χ1n) is 3.61. The zero-order chi connectivity index (χ0) is 13.0. The molecule has 16 heavy (non-hydrogen) atoms. The Balaban J connectivity index is 4.45. The van der Waals surface area contributed by atoms with E-state index in [0.29, 0.717) is 11.8 Å². The van der Waals surface area contributed by atoms with Crippen molar-refractivity contribution in [2.75, 3.05) is 5.75 Å². The molecule has 0 unspecified atom stereocenters. The first-order valence-corrected chi connectivity index (χ1v) is 7.65. The van der Waals surface area contributed by atoms with Crippen LogP contribution in [0.5, 0.6) is 0 Å². The number of carbonyl (C=O) groups excluding carboxylic acids is 1. The Kier molecular flexibility index (Phi) is 6.34. The molecule has 0 fully saturated rings. The maximum absolute atomic E-state index is 10.5. The highest BCUT2D eigenvalue weighted by Crippen LogP contribution is 2.44. The quantitative estimate of drug-likeness (QED) is 0.383. The Hall–Kier alpha value is 0.240. The summed E-state index contributed by atoms with van der Waals surface area (Å²) in [5.74, 6) is -0.453. The fraction of sp³-hybridized carbons (Fsp3) is 0.750. The molecule has 0 aromatic rings. The summed E-state index contributed by atoms with van der Waals surface area (Å²) in [6, 6.07) is 0. The third-order valence-electron chi connectivity index (χ3n) is 0.932. The zero-order valence-corrected chi connectivity index (χ0v) is 10.5. The standard InChI is InChI=1S/C4H10O9P2S/c1-3(5)16-2-4(12-14(6,7)8)13-15(9,10)11/h4H,2H2,1H3,(H2,6,7,8)(H2,9,10,11). The molecule has 12 heteroatoms. The van der Waals surface area contributed by atoms with E-state index in [1.807, 2.05) is 0 Å². The summed E-state index contributed by atoms with van der Waals surface area (Å²) in [5.41, 5.74) is 0. The van der Waals surface area contributed by atoms with Crippen LogP contribution in [0.3, 0.4) is 0 Å². The second-order valence-electron chi connectivity index (χ2n) is 2.42. The number of phosphoric ester groups is 2. The van der Waals surface area contributed by atoms with Crippen LogP contribution < -0.4 is 0 Å². The lowest BCUT2D eigenvalue weighted by molar-refractivity contribution is -0.109. The molecule has 0 spiro atoms. The van der Waals surface area contributed by atoms with Crippen molar-refractivity contribution < 1.29 is 42.5 Å². The fourth-order valence-corrected chi connectivity index (χ4v) is 2.20. The summed E-state index contributed by atoms with van der Waals surface area (Å²) in [7, 11) is -9.92. The van der Waals surface area contributed by atoms with E-state index in [0.717, 1.165) is 6.92 Å². The van der Waals surface area contributed by atoms with Crippen molar-refractivity contribution in [2.45, 2.75) is 13.2 Å². The Labute approximate surface area is 94.6 Å². The largest absolute Gasteiger partial charge is 0.471 e. The average Bonchev–Trinajstić information content (AvgIpc) is 1.93. The van der Waals surface area contributed by atoms with Gasteiger partial charge in [0.25, 0.3) is 0 Å². The van der Waals surface area contributed by atoms with E-state index < -0.39 is 32.8 Å². The van der Waals surface area contributed by atoms with E-state index in [9.17, 15) is 13.9 Å². The summed E-state index contributed by atoms with van der Waals surface area (Å²) in [5, 5.41) is -0.423. The Bertz CT molecular complexity index is 306. The van der Waals surface area contributed by atoms with Gasteiger partial charge in [-0.05, 0) is 0 Å². The Morgan fingerprint density at radius 1 is 1.19 bits per heavy atom. The van der Waals surface area contributed by atoms with Gasteiger partial charge in [-0.2, -0.15) is 0 Å². The van der Waals surface area contributed by atoms with E-state index in [1.165, 1.54) is 0 Å². The number of phosphoric acid groups is 2. The first-order chi connectivity index (χ1) is 6.99. The molecule has 0 aliphatic rings. The summed E-state index contributed by atoms with van der Waals surface area (Å²) in [4.78, 5) is 44.2. The maximum atomic E-state index is 10.5. The van der Waals surface area contributed by atoms with Crippen LogP contribution >= 0.6 is 27.4 Å². The van der Waals surface area contributed by atoms with Crippen LogP contribution in [0.4, 0.5) is 0 Å².